The summed E-state index contributed by atoms with van der Waals surface area (Å²) in [5.41, 5.74) is 0.956. The predicted octanol–water partition coefficient (Wildman–Crippen LogP) is 0.352. The van der Waals surface area contributed by atoms with E-state index in [4.69, 9.17) is 0 Å². The van der Waals surface area contributed by atoms with Gasteiger partial charge in [0.15, 0.2) is 5.82 Å². The first-order valence-electron chi connectivity index (χ1n) is 5.84. The van der Waals surface area contributed by atoms with Crippen LogP contribution >= 0.6 is 0 Å². The lowest BCUT2D eigenvalue weighted by Gasteiger charge is -2.09. The minimum atomic E-state index is 0.501. The van der Waals surface area contributed by atoms with Crippen molar-refractivity contribution in [3.63, 3.8) is 0 Å². The zero-order chi connectivity index (χ0) is 11.5. The second kappa shape index (κ2) is 4.58. The number of pyridine rings is 1. The van der Waals surface area contributed by atoms with E-state index >= 15 is 0 Å². The molecule has 2 aromatic rings. The van der Waals surface area contributed by atoms with E-state index in [2.05, 4.69) is 25.8 Å². The maximum absolute atomic E-state index is 4.10. The van der Waals surface area contributed by atoms with Gasteiger partial charge in [0.25, 0.3) is 0 Å². The number of nitrogens with one attached hydrogen (secondary N) is 1. The van der Waals surface area contributed by atoms with Crippen molar-refractivity contribution in [2.45, 2.75) is 25.3 Å². The Morgan fingerprint density at radius 2 is 2.24 bits per heavy atom. The fraction of sp³-hybridized carbons (Fsp3) is 0.455. The summed E-state index contributed by atoms with van der Waals surface area (Å²) in [5.74, 6) is 0.899. The number of rotatable bonds is 3. The van der Waals surface area contributed by atoms with Crippen LogP contribution in [-0.2, 0) is 6.42 Å². The van der Waals surface area contributed by atoms with Crippen molar-refractivity contribution in [3.05, 3.63) is 30.4 Å². The van der Waals surface area contributed by atoms with Gasteiger partial charge in [-0.3, -0.25) is 4.98 Å². The second-order valence-electron chi connectivity index (χ2n) is 4.21. The first kappa shape index (κ1) is 10.3. The quantitative estimate of drug-likeness (QED) is 0.824. The first-order chi connectivity index (χ1) is 8.43. The van der Waals surface area contributed by atoms with E-state index in [-0.39, 0.29) is 0 Å². The third kappa shape index (κ3) is 2.16. The molecule has 3 heterocycles. The summed E-state index contributed by atoms with van der Waals surface area (Å²) in [6, 6.07) is 4.31. The van der Waals surface area contributed by atoms with Crippen molar-refractivity contribution in [3.8, 4) is 5.69 Å². The third-order valence-electron chi connectivity index (χ3n) is 3.03. The molecule has 0 saturated carbocycles. The van der Waals surface area contributed by atoms with Gasteiger partial charge in [0.2, 0.25) is 0 Å². The van der Waals surface area contributed by atoms with Crippen molar-refractivity contribution < 1.29 is 0 Å². The van der Waals surface area contributed by atoms with E-state index in [0.29, 0.717) is 6.04 Å². The van der Waals surface area contributed by atoms with Gasteiger partial charge >= 0.3 is 0 Å². The summed E-state index contributed by atoms with van der Waals surface area (Å²) in [4.78, 5) is 3.99. The zero-order valence-electron chi connectivity index (χ0n) is 9.45. The van der Waals surface area contributed by atoms with Crippen LogP contribution in [0, 0.1) is 0 Å². The minimum Gasteiger partial charge on any atom is -0.314 e. The largest absolute Gasteiger partial charge is 0.314 e. The molecule has 6 nitrogen and oxygen atoms in total. The second-order valence-corrected chi connectivity index (χ2v) is 4.21. The molecule has 6 heteroatoms. The van der Waals surface area contributed by atoms with Gasteiger partial charge in [-0.2, -0.15) is 4.68 Å². The van der Waals surface area contributed by atoms with Crippen LogP contribution in [0.4, 0.5) is 0 Å². The Hall–Kier alpha value is -1.82. The number of nitrogens with zero attached hydrogens (tertiary/aromatic N) is 5. The Kier molecular flexibility index (Phi) is 2.79. The molecule has 3 rings (SSSR count). The molecule has 0 bridgehead atoms. The van der Waals surface area contributed by atoms with Crippen LogP contribution < -0.4 is 5.32 Å². The average Bonchev–Trinajstić information content (AvgIpc) is 3.02. The smallest absolute Gasteiger partial charge is 0.158 e. The molecule has 1 N–H and O–H groups in total. The van der Waals surface area contributed by atoms with Crippen LogP contribution in [0.3, 0.4) is 0 Å². The maximum Gasteiger partial charge on any atom is 0.158 e. The Morgan fingerprint density at radius 3 is 3.00 bits per heavy atom. The van der Waals surface area contributed by atoms with Gasteiger partial charge in [-0.1, -0.05) is 0 Å². The van der Waals surface area contributed by atoms with E-state index in [0.717, 1.165) is 24.5 Å². The van der Waals surface area contributed by atoms with Crippen molar-refractivity contribution in [2.24, 2.45) is 0 Å². The summed E-state index contributed by atoms with van der Waals surface area (Å²) >= 11 is 0. The van der Waals surface area contributed by atoms with Crippen LogP contribution in [0.2, 0.25) is 0 Å². The molecular weight excluding hydrogens is 216 g/mol. The molecule has 1 saturated heterocycles. The topological polar surface area (TPSA) is 68.5 Å². The van der Waals surface area contributed by atoms with Gasteiger partial charge in [-0.05, 0) is 41.9 Å². The highest BCUT2D eigenvalue weighted by Crippen LogP contribution is 2.12. The number of hydrogen-bond donors (Lipinski definition) is 1. The van der Waals surface area contributed by atoms with Crippen LogP contribution in [0.25, 0.3) is 5.69 Å². The van der Waals surface area contributed by atoms with Crippen LogP contribution in [0.1, 0.15) is 18.7 Å². The lowest BCUT2D eigenvalue weighted by atomic mass is 10.1. The molecule has 17 heavy (non-hydrogen) atoms. The van der Waals surface area contributed by atoms with E-state index in [1.54, 1.807) is 17.1 Å². The van der Waals surface area contributed by atoms with E-state index in [9.17, 15) is 0 Å². The highest BCUT2D eigenvalue weighted by molar-refractivity contribution is 5.28. The number of hydrogen-bond acceptors (Lipinski definition) is 5. The van der Waals surface area contributed by atoms with E-state index in [1.807, 2.05) is 12.1 Å². The molecule has 0 radical (unpaired) electrons. The van der Waals surface area contributed by atoms with Crippen molar-refractivity contribution >= 4 is 0 Å². The molecule has 0 aromatic carbocycles. The Morgan fingerprint density at radius 1 is 1.35 bits per heavy atom. The standard InChI is InChI=1S/C11H14N6/c1-2-9(13-5-1)8-11-14-15-16-17(11)10-3-6-12-7-4-10/h3-4,6-7,9,13H,1-2,5,8H2. The Balaban J connectivity index is 1.84. The highest BCUT2D eigenvalue weighted by atomic mass is 15.5. The molecule has 2 aromatic heterocycles. The lowest BCUT2D eigenvalue weighted by molar-refractivity contribution is 0.575. The fourth-order valence-electron chi connectivity index (χ4n) is 2.17. The molecule has 1 aliphatic heterocycles. The van der Waals surface area contributed by atoms with E-state index in [1.165, 1.54) is 12.8 Å². The molecule has 0 aliphatic carbocycles. The van der Waals surface area contributed by atoms with Crippen LogP contribution in [-0.4, -0.2) is 37.8 Å². The summed E-state index contributed by atoms with van der Waals surface area (Å²) in [5, 5.41) is 15.3. The van der Waals surface area contributed by atoms with Crippen molar-refractivity contribution in [1.82, 2.24) is 30.5 Å². The van der Waals surface area contributed by atoms with Gasteiger partial charge in [0.1, 0.15) is 0 Å². The Bertz CT molecular complexity index is 474. The number of aromatic nitrogens is 5. The van der Waals surface area contributed by atoms with Gasteiger partial charge in [0, 0.05) is 24.9 Å². The molecule has 1 fully saturated rings. The number of tetrazole rings is 1. The molecule has 1 aliphatic rings. The lowest BCUT2D eigenvalue weighted by Crippen LogP contribution is -2.25. The van der Waals surface area contributed by atoms with Gasteiger partial charge in [-0.25, -0.2) is 0 Å². The minimum absolute atomic E-state index is 0.501. The monoisotopic (exact) mass is 230 g/mol. The van der Waals surface area contributed by atoms with Gasteiger partial charge in [-0.15, -0.1) is 5.10 Å². The Labute approximate surface area is 99.1 Å². The van der Waals surface area contributed by atoms with Gasteiger partial charge < -0.3 is 5.32 Å². The average molecular weight is 230 g/mol. The first-order valence-corrected chi connectivity index (χ1v) is 5.84. The SMILES string of the molecule is c1cc(-n2nnnc2CC2CCCN2)ccn1. The van der Waals surface area contributed by atoms with Crippen molar-refractivity contribution in [2.75, 3.05) is 6.54 Å². The maximum atomic E-state index is 4.10. The van der Waals surface area contributed by atoms with E-state index < -0.39 is 0 Å². The molecule has 1 unspecified atom stereocenters. The molecule has 1 atom stereocenters. The molecular formula is C11H14N6. The van der Waals surface area contributed by atoms with Crippen LogP contribution in [0.5, 0.6) is 0 Å². The van der Waals surface area contributed by atoms with Crippen LogP contribution in [0.15, 0.2) is 24.5 Å². The normalized spacial score (nSPS) is 19.6. The summed E-state index contributed by atoms with van der Waals surface area (Å²) in [7, 11) is 0. The predicted molar refractivity (Wildman–Crippen MR) is 61.7 cm³/mol. The zero-order valence-corrected chi connectivity index (χ0v) is 9.45. The van der Waals surface area contributed by atoms with Crippen molar-refractivity contribution in [1.29, 1.82) is 0 Å². The molecule has 0 spiro atoms. The summed E-state index contributed by atoms with van der Waals surface area (Å²) < 4.78 is 1.78. The summed E-state index contributed by atoms with van der Waals surface area (Å²) in [6.45, 7) is 1.10. The summed E-state index contributed by atoms with van der Waals surface area (Å²) in [6.07, 6.45) is 6.79. The highest BCUT2D eigenvalue weighted by Gasteiger charge is 2.18. The van der Waals surface area contributed by atoms with Gasteiger partial charge in [0.05, 0.1) is 5.69 Å². The molecule has 0 amide bonds. The third-order valence-corrected chi connectivity index (χ3v) is 3.03. The fourth-order valence-corrected chi connectivity index (χ4v) is 2.17. The molecule has 88 valence electrons.